The zero-order chi connectivity index (χ0) is 14.8. The number of pyridine rings is 1. The first kappa shape index (κ1) is 14.0. The fraction of sp³-hybridized carbons (Fsp3) is 0.250. The Kier molecular flexibility index (Phi) is 3.88. The van der Waals surface area contributed by atoms with Crippen molar-refractivity contribution in [3.05, 3.63) is 58.5 Å². The lowest BCUT2D eigenvalue weighted by atomic mass is 10.0. The average Bonchev–Trinajstić information content (AvgIpc) is 3.30. The standard InChI is InChI=1S/C16H13ClFNO2/c17-14-2-1-3-15(19-14)21-9-12-7-6-11(8-13(12)18)16(20)10-4-5-10/h1-3,6-8,10H,4-5,9H2. The molecule has 1 aromatic carbocycles. The van der Waals surface area contributed by atoms with Crippen molar-refractivity contribution in [2.24, 2.45) is 5.92 Å². The van der Waals surface area contributed by atoms with Gasteiger partial charge < -0.3 is 4.74 Å². The van der Waals surface area contributed by atoms with E-state index in [-0.39, 0.29) is 18.3 Å². The Labute approximate surface area is 126 Å². The van der Waals surface area contributed by atoms with Gasteiger partial charge in [0.05, 0.1) is 0 Å². The van der Waals surface area contributed by atoms with Gasteiger partial charge in [0.25, 0.3) is 0 Å². The lowest BCUT2D eigenvalue weighted by Crippen LogP contribution is -2.05. The van der Waals surface area contributed by atoms with Crippen LogP contribution in [-0.4, -0.2) is 10.8 Å². The molecule has 0 atom stereocenters. The molecular formula is C16H13ClFNO2. The van der Waals surface area contributed by atoms with Crippen LogP contribution in [0.5, 0.6) is 5.88 Å². The molecule has 1 aromatic heterocycles. The highest BCUT2D eigenvalue weighted by Gasteiger charge is 2.30. The summed E-state index contributed by atoms with van der Waals surface area (Å²) in [5, 5.41) is 0.318. The second-order valence-corrected chi connectivity index (χ2v) is 5.42. The molecule has 3 rings (SSSR count). The van der Waals surface area contributed by atoms with Crippen LogP contribution in [0.4, 0.5) is 4.39 Å². The maximum Gasteiger partial charge on any atom is 0.214 e. The fourth-order valence-electron chi connectivity index (χ4n) is 2.02. The molecule has 3 nitrogen and oxygen atoms in total. The van der Waals surface area contributed by atoms with Crippen molar-refractivity contribution in [3.63, 3.8) is 0 Å². The molecule has 0 N–H and O–H groups in total. The molecule has 0 aliphatic heterocycles. The number of benzene rings is 1. The van der Waals surface area contributed by atoms with Crippen LogP contribution in [0.15, 0.2) is 36.4 Å². The summed E-state index contributed by atoms with van der Waals surface area (Å²) in [6, 6.07) is 9.49. The predicted molar refractivity (Wildman–Crippen MR) is 77.0 cm³/mol. The molecule has 1 saturated carbocycles. The highest BCUT2D eigenvalue weighted by atomic mass is 35.5. The molecule has 1 heterocycles. The van der Waals surface area contributed by atoms with Gasteiger partial charge in [0.1, 0.15) is 17.6 Å². The number of Topliss-reactive ketones (excluding diaryl/α,β-unsaturated/α-hetero) is 1. The van der Waals surface area contributed by atoms with E-state index in [1.165, 1.54) is 6.07 Å². The van der Waals surface area contributed by atoms with E-state index in [1.807, 2.05) is 0 Å². The largest absolute Gasteiger partial charge is 0.473 e. The molecule has 0 unspecified atom stereocenters. The first-order valence-electron chi connectivity index (χ1n) is 6.71. The molecule has 0 bridgehead atoms. The molecule has 21 heavy (non-hydrogen) atoms. The van der Waals surface area contributed by atoms with E-state index in [0.29, 0.717) is 22.2 Å². The summed E-state index contributed by atoms with van der Waals surface area (Å²) in [5.74, 6) is 0.00333. The number of hydrogen-bond acceptors (Lipinski definition) is 3. The molecule has 0 spiro atoms. The Morgan fingerprint density at radius 3 is 2.81 bits per heavy atom. The number of ketones is 1. The van der Waals surface area contributed by atoms with E-state index in [1.54, 1.807) is 30.3 Å². The third-order valence-corrected chi connectivity index (χ3v) is 3.56. The van der Waals surface area contributed by atoms with Crippen LogP contribution in [0.3, 0.4) is 0 Å². The Hall–Kier alpha value is -1.94. The van der Waals surface area contributed by atoms with Gasteiger partial charge in [0.15, 0.2) is 5.78 Å². The van der Waals surface area contributed by atoms with Crippen molar-refractivity contribution in [2.75, 3.05) is 0 Å². The molecule has 1 aliphatic rings. The highest BCUT2D eigenvalue weighted by molar-refractivity contribution is 6.29. The van der Waals surface area contributed by atoms with Gasteiger partial charge in [-0.25, -0.2) is 9.37 Å². The van der Waals surface area contributed by atoms with E-state index >= 15 is 0 Å². The fourth-order valence-corrected chi connectivity index (χ4v) is 2.18. The number of ether oxygens (including phenoxy) is 1. The van der Waals surface area contributed by atoms with E-state index in [2.05, 4.69) is 4.98 Å². The minimum atomic E-state index is -0.441. The van der Waals surface area contributed by atoms with E-state index < -0.39 is 5.82 Å². The van der Waals surface area contributed by atoms with Crippen molar-refractivity contribution in [1.82, 2.24) is 4.98 Å². The third-order valence-electron chi connectivity index (χ3n) is 3.35. The number of carbonyl (C=O) groups excluding carboxylic acids is 1. The first-order valence-corrected chi connectivity index (χ1v) is 7.09. The Morgan fingerprint density at radius 2 is 2.14 bits per heavy atom. The zero-order valence-corrected chi connectivity index (χ0v) is 11.9. The van der Waals surface area contributed by atoms with Crippen LogP contribution in [0.1, 0.15) is 28.8 Å². The van der Waals surface area contributed by atoms with Crippen molar-refractivity contribution >= 4 is 17.4 Å². The van der Waals surface area contributed by atoms with Crippen LogP contribution < -0.4 is 4.74 Å². The summed E-state index contributed by atoms with van der Waals surface area (Å²) >= 11 is 5.75. The lowest BCUT2D eigenvalue weighted by Gasteiger charge is -2.08. The lowest BCUT2D eigenvalue weighted by molar-refractivity contribution is 0.0967. The Balaban J connectivity index is 1.69. The molecule has 2 aromatic rings. The highest BCUT2D eigenvalue weighted by Crippen LogP contribution is 2.32. The zero-order valence-electron chi connectivity index (χ0n) is 11.2. The number of nitrogens with zero attached hydrogens (tertiary/aromatic N) is 1. The summed E-state index contributed by atoms with van der Waals surface area (Å²) in [5.41, 5.74) is 0.809. The third kappa shape index (κ3) is 3.39. The topological polar surface area (TPSA) is 39.2 Å². The summed E-state index contributed by atoms with van der Waals surface area (Å²) in [4.78, 5) is 15.8. The number of hydrogen-bond donors (Lipinski definition) is 0. The molecule has 0 saturated heterocycles. The van der Waals surface area contributed by atoms with Gasteiger partial charge in [-0.2, -0.15) is 0 Å². The molecule has 5 heteroatoms. The quantitative estimate of drug-likeness (QED) is 0.618. The molecular weight excluding hydrogens is 293 g/mol. The monoisotopic (exact) mass is 305 g/mol. The second-order valence-electron chi connectivity index (χ2n) is 5.03. The van der Waals surface area contributed by atoms with Gasteiger partial charge in [-0.3, -0.25) is 4.79 Å². The van der Waals surface area contributed by atoms with Gasteiger partial charge in [-0.1, -0.05) is 29.8 Å². The number of carbonyl (C=O) groups is 1. The number of halogens is 2. The number of aromatic nitrogens is 1. The molecule has 1 aliphatic carbocycles. The number of rotatable bonds is 5. The molecule has 0 amide bonds. The maximum atomic E-state index is 14.0. The predicted octanol–water partition coefficient (Wildman–Crippen LogP) is 4.05. The van der Waals surface area contributed by atoms with Crippen molar-refractivity contribution in [3.8, 4) is 5.88 Å². The van der Waals surface area contributed by atoms with Crippen molar-refractivity contribution < 1.29 is 13.9 Å². The molecule has 108 valence electrons. The molecule has 1 fully saturated rings. The van der Waals surface area contributed by atoms with E-state index in [4.69, 9.17) is 16.3 Å². The average molecular weight is 306 g/mol. The van der Waals surface area contributed by atoms with Crippen molar-refractivity contribution in [2.45, 2.75) is 19.4 Å². The summed E-state index contributed by atoms with van der Waals surface area (Å²) < 4.78 is 19.4. The minimum Gasteiger partial charge on any atom is -0.473 e. The van der Waals surface area contributed by atoms with Gasteiger partial charge >= 0.3 is 0 Å². The van der Waals surface area contributed by atoms with Crippen molar-refractivity contribution in [1.29, 1.82) is 0 Å². The normalized spacial score (nSPS) is 14.0. The van der Waals surface area contributed by atoms with Crippen LogP contribution in [0.25, 0.3) is 0 Å². The summed E-state index contributed by atoms with van der Waals surface area (Å²) in [6.07, 6.45) is 1.82. The van der Waals surface area contributed by atoms with Crippen LogP contribution in [-0.2, 0) is 6.61 Å². The first-order chi connectivity index (χ1) is 10.1. The van der Waals surface area contributed by atoms with Gasteiger partial charge in [0, 0.05) is 23.1 Å². The van der Waals surface area contributed by atoms with Crippen LogP contribution in [0.2, 0.25) is 5.15 Å². The van der Waals surface area contributed by atoms with Crippen LogP contribution >= 0.6 is 11.6 Å². The SMILES string of the molecule is O=C(c1ccc(COc2cccc(Cl)n2)c(F)c1)C1CC1. The Bertz CT molecular complexity index is 686. The van der Waals surface area contributed by atoms with Gasteiger partial charge in [-0.05, 0) is 25.0 Å². The van der Waals surface area contributed by atoms with Gasteiger partial charge in [-0.15, -0.1) is 0 Å². The minimum absolute atomic E-state index is 0.0258. The van der Waals surface area contributed by atoms with E-state index in [9.17, 15) is 9.18 Å². The second kappa shape index (κ2) is 5.82. The molecule has 0 radical (unpaired) electrons. The summed E-state index contributed by atoms with van der Waals surface area (Å²) in [6.45, 7) is 0.0388. The van der Waals surface area contributed by atoms with Gasteiger partial charge in [0.2, 0.25) is 5.88 Å². The van der Waals surface area contributed by atoms with Crippen LogP contribution in [0, 0.1) is 11.7 Å². The summed E-state index contributed by atoms with van der Waals surface area (Å²) in [7, 11) is 0. The maximum absolute atomic E-state index is 14.0. The Morgan fingerprint density at radius 1 is 1.33 bits per heavy atom. The smallest absolute Gasteiger partial charge is 0.214 e. The van der Waals surface area contributed by atoms with E-state index in [0.717, 1.165) is 12.8 Å².